The minimum Gasteiger partial charge on any atom is -0.424 e. The van der Waals surface area contributed by atoms with Crippen LogP contribution in [-0.4, -0.2) is 30.5 Å². The molecule has 1 atom stereocenters. The molecule has 0 N–H and O–H groups in total. The van der Waals surface area contributed by atoms with Gasteiger partial charge in [0, 0.05) is 19.7 Å². The van der Waals surface area contributed by atoms with Crippen LogP contribution in [0.4, 0.5) is 0 Å². The molecule has 1 aromatic carbocycles. The summed E-state index contributed by atoms with van der Waals surface area (Å²) in [4.78, 5) is 27.3. The largest absolute Gasteiger partial charge is 0.424 e. The molecule has 5 heteroatoms. The molecule has 26 heavy (non-hydrogen) atoms. The quantitative estimate of drug-likeness (QED) is 0.833. The van der Waals surface area contributed by atoms with Gasteiger partial charge in [-0.2, -0.15) is 0 Å². The summed E-state index contributed by atoms with van der Waals surface area (Å²) < 4.78 is 11.0. The number of ether oxygens (including phenoxy) is 1. The van der Waals surface area contributed by atoms with Crippen molar-refractivity contribution >= 4 is 5.91 Å². The first kappa shape index (κ1) is 17.0. The van der Waals surface area contributed by atoms with E-state index in [9.17, 15) is 9.59 Å². The minimum atomic E-state index is -0.553. The highest BCUT2D eigenvalue weighted by Gasteiger charge is 2.27. The van der Waals surface area contributed by atoms with Crippen molar-refractivity contribution < 1.29 is 13.9 Å². The predicted octanol–water partition coefficient (Wildman–Crippen LogP) is 3.04. The summed E-state index contributed by atoms with van der Waals surface area (Å²) in [5.74, 6) is 0.299. The van der Waals surface area contributed by atoms with E-state index in [4.69, 9.17) is 9.15 Å². The lowest BCUT2D eigenvalue weighted by Crippen LogP contribution is -2.36. The van der Waals surface area contributed by atoms with Crippen molar-refractivity contribution in [2.75, 3.05) is 19.7 Å². The first-order valence-electron chi connectivity index (χ1n) is 9.26. The first-order chi connectivity index (χ1) is 12.6. The average molecular weight is 353 g/mol. The molecule has 0 spiro atoms. The Labute approximate surface area is 152 Å². The maximum absolute atomic E-state index is 13.0. The Hall–Kier alpha value is -2.40. The highest BCUT2D eigenvalue weighted by atomic mass is 16.5. The molecule has 1 amide bonds. The number of aryl methyl sites for hydroxylation is 1. The normalized spacial score (nSPS) is 19.9. The Morgan fingerprint density at radius 3 is 2.42 bits per heavy atom. The fourth-order valence-corrected chi connectivity index (χ4v) is 3.88. The molecule has 136 valence electrons. The fourth-order valence-electron chi connectivity index (χ4n) is 3.88. The number of amides is 1. The topological polar surface area (TPSA) is 59.8 Å². The van der Waals surface area contributed by atoms with Gasteiger partial charge >= 0.3 is 5.63 Å². The van der Waals surface area contributed by atoms with E-state index in [0.717, 1.165) is 25.7 Å². The number of benzene rings is 1. The molecule has 0 radical (unpaired) electrons. The Balaban J connectivity index is 1.57. The van der Waals surface area contributed by atoms with Crippen LogP contribution in [0.2, 0.25) is 0 Å². The zero-order chi connectivity index (χ0) is 18.1. The van der Waals surface area contributed by atoms with Crippen molar-refractivity contribution in [3.8, 4) is 0 Å². The SMILES string of the molecule is Cc1cc(C2CCCO2)oc(=O)c1C(=O)N1CCc2ccccc2CC1. The molecule has 0 aliphatic carbocycles. The number of hydrogen-bond acceptors (Lipinski definition) is 4. The maximum Gasteiger partial charge on any atom is 0.349 e. The van der Waals surface area contributed by atoms with Gasteiger partial charge in [-0.1, -0.05) is 24.3 Å². The van der Waals surface area contributed by atoms with Gasteiger partial charge in [-0.15, -0.1) is 0 Å². The van der Waals surface area contributed by atoms with Gasteiger partial charge in [0.1, 0.15) is 17.4 Å². The van der Waals surface area contributed by atoms with Crippen molar-refractivity contribution in [1.29, 1.82) is 0 Å². The smallest absolute Gasteiger partial charge is 0.349 e. The predicted molar refractivity (Wildman–Crippen MR) is 97.4 cm³/mol. The van der Waals surface area contributed by atoms with Crippen molar-refractivity contribution in [2.45, 2.75) is 38.7 Å². The third-order valence-corrected chi connectivity index (χ3v) is 5.34. The third-order valence-electron chi connectivity index (χ3n) is 5.34. The van der Waals surface area contributed by atoms with Crippen LogP contribution in [0.15, 0.2) is 39.5 Å². The second-order valence-electron chi connectivity index (χ2n) is 7.06. The van der Waals surface area contributed by atoms with Gasteiger partial charge in [-0.25, -0.2) is 4.79 Å². The molecular formula is C21H23NO4. The Morgan fingerprint density at radius 1 is 1.15 bits per heavy atom. The van der Waals surface area contributed by atoms with Crippen molar-refractivity contribution in [3.05, 3.63) is 68.8 Å². The van der Waals surface area contributed by atoms with E-state index in [0.29, 0.717) is 31.0 Å². The summed E-state index contributed by atoms with van der Waals surface area (Å²) in [6.07, 6.45) is 3.25. The highest BCUT2D eigenvalue weighted by Crippen LogP contribution is 2.28. The average Bonchev–Trinajstić information content (AvgIpc) is 3.08. The van der Waals surface area contributed by atoms with Crippen molar-refractivity contribution in [3.63, 3.8) is 0 Å². The molecule has 0 saturated carbocycles. The molecule has 5 nitrogen and oxygen atoms in total. The van der Waals surface area contributed by atoms with Gasteiger partial charge in [0.2, 0.25) is 0 Å². The lowest BCUT2D eigenvalue weighted by atomic mass is 10.0. The fraction of sp³-hybridized carbons (Fsp3) is 0.429. The number of rotatable bonds is 2. The molecule has 4 rings (SSSR count). The van der Waals surface area contributed by atoms with E-state index in [1.54, 1.807) is 17.9 Å². The Bertz CT molecular complexity index is 853. The van der Waals surface area contributed by atoms with Gasteiger partial charge in [-0.3, -0.25) is 4.79 Å². The molecule has 2 aliphatic rings. The molecule has 2 aromatic rings. The zero-order valence-corrected chi connectivity index (χ0v) is 15.0. The first-order valence-corrected chi connectivity index (χ1v) is 9.26. The maximum atomic E-state index is 13.0. The number of carbonyl (C=O) groups excluding carboxylic acids is 1. The van der Waals surface area contributed by atoms with Crippen LogP contribution in [0.1, 0.15) is 51.8 Å². The van der Waals surface area contributed by atoms with E-state index in [1.807, 2.05) is 12.1 Å². The number of carbonyl (C=O) groups is 1. The Kier molecular flexibility index (Phi) is 4.64. The van der Waals surface area contributed by atoms with Crippen LogP contribution >= 0.6 is 0 Å². The number of hydrogen-bond donors (Lipinski definition) is 0. The highest BCUT2D eigenvalue weighted by molar-refractivity contribution is 5.95. The van der Waals surface area contributed by atoms with Crippen LogP contribution in [-0.2, 0) is 17.6 Å². The third kappa shape index (κ3) is 3.19. The van der Waals surface area contributed by atoms with Crippen LogP contribution in [0, 0.1) is 6.92 Å². The molecule has 1 saturated heterocycles. The molecule has 1 unspecified atom stereocenters. The molecule has 3 heterocycles. The van der Waals surface area contributed by atoms with Crippen LogP contribution in [0.5, 0.6) is 0 Å². The van der Waals surface area contributed by atoms with Crippen molar-refractivity contribution in [1.82, 2.24) is 4.90 Å². The van der Waals surface area contributed by atoms with E-state index >= 15 is 0 Å². The van der Waals surface area contributed by atoms with Gasteiger partial charge in [0.25, 0.3) is 5.91 Å². The number of fused-ring (bicyclic) bond motifs is 1. The second-order valence-corrected chi connectivity index (χ2v) is 7.06. The number of nitrogens with zero attached hydrogens (tertiary/aromatic N) is 1. The summed E-state index contributed by atoms with van der Waals surface area (Å²) in [6, 6.07) is 10.1. The zero-order valence-electron chi connectivity index (χ0n) is 15.0. The second kappa shape index (κ2) is 7.08. The molecular weight excluding hydrogens is 330 g/mol. The standard InChI is InChI=1S/C21H23NO4/c1-14-13-18(17-7-4-12-25-17)26-21(24)19(14)20(23)22-10-8-15-5-2-3-6-16(15)9-11-22/h2-3,5-6,13,17H,4,7-12H2,1H3. The molecule has 2 aliphatic heterocycles. The monoisotopic (exact) mass is 353 g/mol. The van der Waals surface area contributed by atoms with Crippen LogP contribution in [0.25, 0.3) is 0 Å². The van der Waals surface area contributed by atoms with Crippen molar-refractivity contribution in [2.24, 2.45) is 0 Å². The summed E-state index contributed by atoms with van der Waals surface area (Å²) in [7, 11) is 0. The summed E-state index contributed by atoms with van der Waals surface area (Å²) in [5, 5.41) is 0. The van der Waals surface area contributed by atoms with E-state index in [-0.39, 0.29) is 17.6 Å². The van der Waals surface area contributed by atoms with Gasteiger partial charge in [0.15, 0.2) is 0 Å². The van der Waals surface area contributed by atoms with Gasteiger partial charge < -0.3 is 14.1 Å². The van der Waals surface area contributed by atoms with E-state index in [2.05, 4.69) is 12.1 Å². The lowest BCUT2D eigenvalue weighted by Gasteiger charge is -2.21. The van der Waals surface area contributed by atoms with Gasteiger partial charge in [-0.05, 0) is 55.4 Å². The molecule has 1 aromatic heterocycles. The summed E-state index contributed by atoms with van der Waals surface area (Å²) in [6.45, 7) is 3.71. The van der Waals surface area contributed by atoms with Crippen LogP contribution in [0.3, 0.4) is 0 Å². The minimum absolute atomic E-state index is 0.151. The van der Waals surface area contributed by atoms with Gasteiger partial charge in [0.05, 0.1) is 0 Å². The molecule has 0 bridgehead atoms. The summed E-state index contributed by atoms with van der Waals surface area (Å²) >= 11 is 0. The van der Waals surface area contributed by atoms with Crippen LogP contribution < -0.4 is 5.63 Å². The Morgan fingerprint density at radius 2 is 1.85 bits per heavy atom. The summed E-state index contributed by atoms with van der Waals surface area (Å²) in [5.41, 5.74) is 2.82. The van der Waals surface area contributed by atoms with E-state index in [1.165, 1.54) is 11.1 Å². The van der Waals surface area contributed by atoms with E-state index < -0.39 is 5.63 Å². The molecule has 1 fully saturated rings. The lowest BCUT2D eigenvalue weighted by molar-refractivity contribution is 0.0747.